The van der Waals surface area contributed by atoms with Gasteiger partial charge in [-0.3, -0.25) is 9.59 Å². The van der Waals surface area contributed by atoms with Crippen molar-refractivity contribution in [1.29, 1.82) is 0 Å². The van der Waals surface area contributed by atoms with Gasteiger partial charge in [-0.05, 0) is 37.1 Å². The van der Waals surface area contributed by atoms with Gasteiger partial charge in [0.25, 0.3) is 5.56 Å². The summed E-state index contributed by atoms with van der Waals surface area (Å²) in [5, 5.41) is 3.47. The van der Waals surface area contributed by atoms with Crippen LogP contribution in [0.4, 0.5) is 0 Å². The van der Waals surface area contributed by atoms with Crippen molar-refractivity contribution in [3.63, 3.8) is 0 Å². The van der Waals surface area contributed by atoms with Gasteiger partial charge in [0, 0.05) is 28.4 Å². The summed E-state index contributed by atoms with van der Waals surface area (Å²) in [6, 6.07) is 7.31. The molecular formula is C15H14ClN3O2. The minimum Gasteiger partial charge on any atom is -0.353 e. The maximum absolute atomic E-state index is 12.0. The van der Waals surface area contributed by atoms with Crippen LogP contribution in [0, 0.1) is 0 Å². The number of nitrogens with zero attached hydrogens (tertiary/aromatic N) is 1. The van der Waals surface area contributed by atoms with Gasteiger partial charge in [-0.25, -0.2) is 4.98 Å². The molecule has 0 atom stereocenters. The van der Waals surface area contributed by atoms with Gasteiger partial charge in [-0.15, -0.1) is 0 Å². The Morgan fingerprint density at radius 1 is 1.33 bits per heavy atom. The van der Waals surface area contributed by atoms with Crippen LogP contribution in [0.3, 0.4) is 0 Å². The molecule has 1 amide bonds. The third-order valence-corrected chi connectivity index (χ3v) is 3.54. The fourth-order valence-electron chi connectivity index (χ4n) is 1.98. The summed E-state index contributed by atoms with van der Waals surface area (Å²) in [6.07, 6.45) is 3.56. The number of carbonyl (C=O) groups excluding carboxylic acids is 1. The van der Waals surface area contributed by atoms with Crippen molar-refractivity contribution in [3.8, 4) is 11.4 Å². The smallest absolute Gasteiger partial charge is 0.254 e. The molecule has 0 radical (unpaired) electrons. The number of H-pyrrole nitrogens is 1. The van der Waals surface area contributed by atoms with Crippen LogP contribution < -0.4 is 10.9 Å². The molecule has 2 aromatic rings. The van der Waals surface area contributed by atoms with E-state index in [2.05, 4.69) is 15.3 Å². The highest BCUT2D eigenvalue weighted by atomic mass is 35.5. The summed E-state index contributed by atoms with van der Waals surface area (Å²) in [5.74, 6) is 0.326. The van der Waals surface area contributed by atoms with Crippen molar-refractivity contribution < 1.29 is 4.79 Å². The lowest BCUT2D eigenvalue weighted by molar-refractivity contribution is -0.120. The predicted octanol–water partition coefficient (Wildman–Crippen LogP) is 1.91. The molecule has 0 unspecified atom stereocenters. The number of aromatic amines is 1. The number of hydrogen-bond acceptors (Lipinski definition) is 3. The summed E-state index contributed by atoms with van der Waals surface area (Å²) < 4.78 is 0. The molecule has 0 spiro atoms. The van der Waals surface area contributed by atoms with Gasteiger partial charge in [0.05, 0.1) is 6.42 Å². The molecule has 5 nitrogen and oxygen atoms in total. The second kappa shape index (κ2) is 5.69. The molecule has 1 fully saturated rings. The summed E-state index contributed by atoms with van der Waals surface area (Å²) in [6.45, 7) is 0. The number of carbonyl (C=O) groups is 1. The molecule has 1 aromatic heterocycles. The third kappa shape index (κ3) is 3.49. The number of nitrogens with one attached hydrogen (secondary N) is 2. The highest BCUT2D eigenvalue weighted by Crippen LogP contribution is 2.19. The number of amides is 1. The zero-order valence-corrected chi connectivity index (χ0v) is 12.0. The van der Waals surface area contributed by atoms with E-state index < -0.39 is 0 Å². The van der Waals surface area contributed by atoms with Crippen molar-refractivity contribution in [2.75, 3.05) is 0 Å². The Balaban J connectivity index is 1.77. The zero-order chi connectivity index (χ0) is 14.8. The predicted molar refractivity (Wildman–Crippen MR) is 80.2 cm³/mol. The van der Waals surface area contributed by atoms with Crippen LogP contribution in [-0.2, 0) is 11.2 Å². The van der Waals surface area contributed by atoms with Crippen LogP contribution in [0.1, 0.15) is 18.4 Å². The Morgan fingerprint density at radius 3 is 2.67 bits per heavy atom. The zero-order valence-electron chi connectivity index (χ0n) is 11.2. The van der Waals surface area contributed by atoms with Crippen LogP contribution >= 0.6 is 11.6 Å². The van der Waals surface area contributed by atoms with Gasteiger partial charge in [0.2, 0.25) is 5.91 Å². The lowest BCUT2D eigenvalue weighted by Crippen LogP contribution is -2.29. The Hall–Kier alpha value is -2.14. The highest BCUT2D eigenvalue weighted by Gasteiger charge is 2.23. The van der Waals surface area contributed by atoms with Crippen molar-refractivity contribution >= 4 is 17.5 Å². The van der Waals surface area contributed by atoms with Crippen molar-refractivity contribution in [1.82, 2.24) is 15.3 Å². The van der Waals surface area contributed by atoms with Gasteiger partial charge in [0.15, 0.2) is 0 Å². The van der Waals surface area contributed by atoms with E-state index in [0.29, 0.717) is 16.4 Å². The van der Waals surface area contributed by atoms with E-state index in [1.807, 2.05) is 0 Å². The Bertz CT molecular complexity index is 720. The molecule has 2 N–H and O–H groups in total. The summed E-state index contributed by atoms with van der Waals surface area (Å²) in [4.78, 5) is 30.6. The first-order valence-electron chi connectivity index (χ1n) is 6.75. The molecule has 108 valence electrons. The lowest BCUT2D eigenvalue weighted by atomic mass is 10.2. The maximum atomic E-state index is 12.0. The molecule has 1 saturated carbocycles. The maximum Gasteiger partial charge on any atom is 0.254 e. The van der Waals surface area contributed by atoms with E-state index in [1.54, 1.807) is 24.3 Å². The van der Waals surface area contributed by atoms with Crippen LogP contribution in [0.2, 0.25) is 5.02 Å². The summed E-state index contributed by atoms with van der Waals surface area (Å²) in [7, 11) is 0. The molecular weight excluding hydrogens is 290 g/mol. The summed E-state index contributed by atoms with van der Waals surface area (Å²) in [5.41, 5.74) is 0.845. The largest absolute Gasteiger partial charge is 0.353 e. The molecule has 0 saturated heterocycles. The van der Waals surface area contributed by atoms with E-state index >= 15 is 0 Å². The molecule has 3 rings (SSSR count). The number of aromatic nitrogens is 2. The topological polar surface area (TPSA) is 74.8 Å². The standard InChI is InChI=1S/C15H14ClN3O2/c16-11-3-1-9(2-4-11)14-17-8-10(15(21)19-14)7-13(20)18-12-5-6-12/h1-4,8,12H,5-7H2,(H,18,20)(H,17,19,21). The van der Waals surface area contributed by atoms with Crippen molar-refractivity contribution in [2.24, 2.45) is 0 Å². The molecule has 1 aromatic carbocycles. The van der Waals surface area contributed by atoms with Crippen LogP contribution in [0.25, 0.3) is 11.4 Å². The Morgan fingerprint density at radius 2 is 2.05 bits per heavy atom. The average molecular weight is 304 g/mol. The van der Waals surface area contributed by atoms with E-state index in [4.69, 9.17) is 11.6 Å². The molecule has 1 aliphatic rings. The molecule has 0 bridgehead atoms. The van der Waals surface area contributed by atoms with E-state index in [9.17, 15) is 9.59 Å². The molecule has 0 aliphatic heterocycles. The Labute approximate surface area is 126 Å². The van der Waals surface area contributed by atoms with Gasteiger partial charge in [0.1, 0.15) is 5.82 Å². The molecule has 1 heterocycles. The Kier molecular flexibility index (Phi) is 3.75. The minimum atomic E-state index is -0.291. The number of rotatable bonds is 4. The normalized spacial score (nSPS) is 14.0. The minimum absolute atomic E-state index is 0.0553. The highest BCUT2D eigenvalue weighted by molar-refractivity contribution is 6.30. The third-order valence-electron chi connectivity index (χ3n) is 3.28. The van der Waals surface area contributed by atoms with E-state index in [1.165, 1.54) is 6.20 Å². The van der Waals surface area contributed by atoms with E-state index in [0.717, 1.165) is 18.4 Å². The van der Waals surface area contributed by atoms with Crippen LogP contribution in [-0.4, -0.2) is 21.9 Å². The first-order valence-corrected chi connectivity index (χ1v) is 7.13. The summed E-state index contributed by atoms with van der Waals surface area (Å²) >= 11 is 5.82. The first kappa shape index (κ1) is 13.8. The SMILES string of the molecule is O=C(Cc1cnc(-c2ccc(Cl)cc2)[nH]c1=O)NC1CC1. The number of benzene rings is 1. The quantitative estimate of drug-likeness (QED) is 0.906. The van der Waals surface area contributed by atoms with Crippen molar-refractivity contribution in [2.45, 2.75) is 25.3 Å². The molecule has 21 heavy (non-hydrogen) atoms. The van der Waals surface area contributed by atoms with Gasteiger partial charge in [-0.2, -0.15) is 0 Å². The second-order valence-electron chi connectivity index (χ2n) is 5.11. The second-order valence-corrected chi connectivity index (χ2v) is 5.55. The fraction of sp³-hybridized carbons (Fsp3) is 0.267. The average Bonchev–Trinajstić information content (AvgIpc) is 3.26. The molecule has 1 aliphatic carbocycles. The lowest BCUT2D eigenvalue weighted by Gasteiger charge is -2.04. The van der Waals surface area contributed by atoms with Gasteiger partial charge >= 0.3 is 0 Å². The van der Waals surface area contributed by atoms with Gasteiger partial charge in [-0.1, -0.05) is 11.6 Å². The monoisotopic (exact) mass is 303 g/mol. The van der Waals surface area contributed by atoms with E-state index in [-0.39, 0.29) is 23.9 Å². The number of halogens is 1. The number of hydrogen-bond donors (Lipinski definition) is 2. The van der Waals surface area contributed by atoms with Crippen LogP contribution in [0.15, 0.2) is 35.3 Å². The fourth-order valence-corrected chi connectivity index (χ4v) is 2.11. The van der Waals surface area contributed by atoms with Crippen molar-refractivity contribution in [3.05, 3.63) is 51.4 Å². The van der Waals surface area contributed by atoms with Gasteiger partial charge < -0.3 is 10.3 Å². The van der Waals surface area contributed by atoms with Crippen LogP contribution in [0.5, 0.6) is 0 Å². The molecule has 6 heteroatoms. The first-order chi connectivity index (χ1) is 10.1.